The molecular formula is C14H21F2NO. The molecule has 1 aromatic carbocycles. The van der Waals surface area contributed by atoms with Crippen molar-refractivity contribution in [2.75, 3.05) is 26.8 Å². The Morgan fingerprint density at radius 2 is 1.89 bits per heavy atom. The summed E-state index contributed by atoms with van der Waals surface area (Å²) in [5.74, 6) is -0.637. The third kappa shape index (κ3) is 5.56. The molecule has 1 unspecified atom stereocenters. The minimum Gasteiger partial charge on any atom is -0.383 e. The van der Waals surface area contributed by atoms with Crippen LogP contribution in [0.4, 0.5) is 8.78 Å². The van der Waals surface area contributed by atoms with Gasteiger partial charge in [-0.2, -0.15) is 0 Å². The summed E-state index contributed by atoms with van der Waals surface area (Å²) in [6.07, 6.45) is 1.66. The van der Waals surface area contributed by atoms with Crippen LogP contribution in [-0.4, -0.2) is 26.8 Å². The molecule has 0 aliphatic rings. The first-order valence-corrected chi connectivity index (χ1v) is 6.30. The normalized spacial score (nSPS) is 12.7. The second kappa shape index (κ2) is 8.16. The fourth-order valence-electron chi connectivity index (χ4n) is 1.90. The van der Waals surface area contributed by atoms with Gasteiger partial charge in [-0.15, -0.1) is 0 Å². The summed E-state index contributed by atoms with van der Waals surface area (Å²) in [5, 5.41) is 3.27. The smallest absolute Gasteiger partial charge is 0.126 e. The molecule has 0 aliphatic carbocycles. The number of methoxy groups -OCH3 is 1. The molecule has 1 rings (SSSR count). The maximum atomic E-state index is 13.1. The Kier molecular flexibility index (Phi) is 6.83. The number of rotatable bonds is 8. The SMILES string of the molecule is CCC(CNCCOC)Cc1cc(F)cc(F)c1. The number of nitrogens with one attached hydrogen (secondary N) is 1. The summed E-state index contributed by atoms with van der Waals surface area (Å²) < 4.78 is 31.1. The van der Waals surface area contributed by atoms with Crippen molar-refractivity contribution in [1.29, 1.82) is 0 Å². The van der Waals surface area contributed by atoms with Crippen molar-refractivity contribution in [1.82, 2.24) is 5.32 Å². The number of halogens is 2. The highest BCUT2D eigenvalue weighted by Gasteiger charge is 2.09. The zero-order chi connectivity index (χ0) is 13.4. The molecule has 4 heteroatoms. The number of hydrogen-bond acceptors (Lipinski definition) is 2. The average Bonchev–Trinajstić information content (AvgIpc) is 2.32. The third-order valence-electron chi connectivity index (χ3n) is 2.94. The first-order valence-electron chi connectivity index (χ1n) is 6.30. The van der Waals surface area contributed by atoms with Crippen molar-refractivity contribution in [3.8, 4) is 0 Å². The number of hydrogen-bond donors (Lipinski definition) is 1. The van der Waals surface area contributed by atoms with E-state index in [-0.39, 0.29) is 0 Å². The van der Waals surface area contributed by atoms with Gasteiger partial charge in [-0.1, -0.05) is 13.3 Å². The molecule has 0 amide bonds. The molecule has 0 saturated carbocycles. The van der Waals surface area contributed by atoms with Crippen molar-refractivity contribution in [3.63, 3.8) is 0 Å². The molecule has 1 aromatic rings. The Morgan fingerprint density at radius 3 is 2.44 bits per heavy atom. The molecule has 0 radical (unpaired) electrons. The van der Waals surface area contributed by atoms with Gasteiger partial charge in [0.1, 0.15) is 11.6 Å². The summed E-state index contributed by atoms with van der Waals surface area (Å²) in [7, 11) is 1.66. The Labute approximate surface area is 107 Å². The highest BCUT2D eigenvalue weighted by atomic mass is 19.1. The lowest BCUT2D eigenvalue weighted by molar-refractivity contribution is 0.197. The van der Waals surface area contributed by atoms with Gasteiger partial charge < -0.3 is 10.1 Å². The lowest BCUT2D eigenvalue weighted by atomic mass is 9.96. The average molecular weight is 257 g/mol. The summed E-state index contributed by atoms with van der Waals surface area (Å²) >= 11 is 0. The maximum Gasteiger partial charge on any atom is 0.126 e. The fourth-order valence-corrected chi connectivity index (χ4v) is 1.90. The molecule has 1 atom stereocenters. The molecule has 0 fully saturated rings. The monoisotopic (exact) mass is 257 g/mol. The number of ether oxygens (including phenoxy) is 1. The van der Waals surface area contributed by atoms with Gasteiger partial charge in [0, 0.05) is 19.7 Å². The van der Waals surface area contributed by atoms with Crippen LogP contribution in [0.5, 0.6) is 0 Å². The molecule has 0 aromatic heterocycles. The maximum absolute atomic E-state index is 13.1. The Hall–Kier alpha value is -1.00. The molecule has 102 valence electrons. The van der Waals surface area contributed by atoms with Gasteiger partial charge in [0.05, 0.1) is 6.61 Å². The summed E-state index contributed by atoms with van der Waals surface area (Å²) in [6, 6.07) is 3.71. The fraction of sp³-hybridized carbons (Fsp3) is 0.571. The van der Waals surface area contributed by atoms with Crippen molar-refractivity contribution >= 4 is 0 Å². The van der Waals surface area contributed by atoms with Gasteiger partial charge in [0.25, 0.3) is 0 Å². The molecule has 0 aliphatic heterocycles. The Bertz CT molecular complexity index is 337. The van der Waals surface area contributed by atoms with E-state index in [1.807, 2.05) is 0 Å². The summed E-state index contributed by atoms with van der Waals surface area (Å²) in [5.41, 5.74) is 0.716. The van der Waals surface area contributed by atoms with Crippen LogP contribution >= 0.6 is 0 Å². The molecule has 0 bridgehead atoms. The first kappa shape index (κ1) is 15.1. The van der Waals surface area contributed by atoms with E-state index in [1.165, 1.54) is 12.1 Å². The van der Waals surface area contributed by atoms with E-state index < -0.39 is 11.6 Å². The molecule has 0 saturated heterocycles. The Balaban J connectivity index is 2.46. The van der Waals surface area contributed by atoms with Crippen LogP contribution in [0.25, 0.3) is 0 Å². The zero-order valence-corrected chi connectivity index (χ0v) is 11.0. The number of benzene rings is 1. The quantitative estimate of drug-likeness (QED) is 0.723. The van der Waals surface area contributed by atoms with Crippen molar-refractivity contribution in [2.24, 2.45) is 5.92 Å². The first-order chi connectivity index (χ1) is 8.65. The largest absolute Gasteiger partial charge is 0.383 e. The van der Waals surface area contributed by atoms with Gasteiger partial charge in [0.2, 0.25) is 0 Å². The van der Waals surface area contributed by atoms with Crippen LogP contribution in [0.2, 0.25) is 0 Å². The summed E-state index contributed by atoms with van der Waals surface area (Å²) in [4.78, 5) is 0. The molecule has 18 heavy (non-hydrogen) atoms. The molecule has 2 nitrogen and oxygen atoms in total. The van der Waals surface area contributed by atoms with E-state index in [2.05, 4.69) is 12.2 Å². The topological polar surface area (TPSA) is 21.3 Å². The van der Waals surface area contributed by atoms with Crippen LogP contribution in [-0.2, 0) is 11.2 Å². The second-order valence-electron chi connectivity index (χ2n) is 4.45. The molecular weight excluding hydrogens is 236 g/mol. The van der Waals surface area contributed by atoms with Gasteiger partial charge in [-0.25, -0.2) is 8.78 Å². The van der Waals surface area contributed by atoms with E-state index in [4.69, 9.17) is 4.74 Å². The van der Waals surface area contributed by atoms with Crippen LogP contribution in [0, 0.1) is 17.6 Å². The van der Waals surface area contributed by atoms with Crippen molar-refractivity contribution < 1.29 is 13.5 Å². The molecule has 1 N–H and O–H groups in total. The van der Waals surface area contributed by atoms with Crippen LogP contribution in [0.15, 0.2) is 18.2 Å². The minimum absolute atomic E-state index is 0.378. The second-order valence-corrected chi connectivity index (χ2v) is 4.45. The standard InChI is InChI=1S/C14H21F2NO/c1-3-11(10-17-4-5-18-2)6-12-7-13(15)9-14(16)8-12/h7-9,11,17H,3-6,10H2,1-2H3. The van der Waals surface area contributed by atoms with E-state index in [9.17, 15) is 8.78 Å². The molecule has 0 spiro atoms. The van der Waals surface area contributed by atoms with Gasteiger partial charge in [0.15, 0.2) is 0 Å². The lowest BCUT2D eigenvalue weighted by Gasteiger charge is -2.16. The van der Waals surface area contributed by atoms with Gasteiger partial charge >= 0.3 is 0 Å². The van der Waals surface area contributed by atoms with Gasteiger partial charge in [-0.05, 0) is 36.6 Å². The predicted molar refractivity (Wildman–Crippen MR) is 68.6 cm³/mol. The highest BCUT2D eigenvalue weighted by molar-refractivity contribution is 5.18. The van der Waals surface area contributed by atoms with Gasteiger partial charge in [-0.3, -0.25) is 0 Å². The van der Waals surface area contributed by atoms with Crippen LogP contribution in [0.3, 0.4) is 0 Å². The van der Waals surface area contributed by atoms with E-state index in [1.54, 1.807) is 7.11 Å². The van der Waals surface area contributed by atoms with Crippen molar-refractivity contribution in [2.45, 2.75) is 19.8 Å². The predicted octanol–water partition coefficient (Wildman–Crippen LogP) is 2.77. The highest BCUT2D eigenvalue weighted by Crippen LogP contribution is 2.14. The van der Waals surface area contributed by atoms with E-state index in [0.29, 0.717) is 24.5 Å². The summed E-state index contributed by atoms with van der Waals surface area (Å²) in [6.45, 7) is 4.38. The van der Waals surface area contributed by atoms with E-state index in [0.717, 1.165) is 25.6 Å². The Morgan fingerprint density at radius 1 is 1.22 bits per heavy atom. The third-order valence-corrected chi connectivity index (χ3v) is 2.94. The van der Waals surface area contributed by atoms with Crippen LogP contribution in [0.1, 0.15) is 18.9 Å². The molecule has 0 heterocycles. The van der Waals surface area contributed by atoms with Crippen molar-refractivity contribution in [3.05, 3.63) is 35.4 Å². The minimum atomic E-state index is -0.507. The van der Waals surface area contributed by atoms with E-state index >= 15 is 0 Å². The van der Waals surface area contributed by atoms with Crippen LogP contribution < -0.4 is 5.32 Å². The lowest BCUT2D eigenvalue weighted by Crippen LogP contribution is -2.27. The zero-order valence-electron chi connectivity index (χ0n) is 11.0.